The maximum atomic E-state index is 12.8. The van der Waals surface area contributed by atoms with Crippen molar-refractivity contribution in [2.75, 3.05) is 5.75 Å². The summed E-state index contributed by atoms with van der Waals surface area (Å²) < 4.78 is 61.5. The van der Waals surface area contributed by atoms with Crippen molar-refractivity contribution in [3.8, 4) is 0 Å². The lowest BCUT2D eigenvalue weighted by molar-refractivity contribution is -0.237. The minimum Gasteiger partial charge on any atom is -0.282 e. The molecule has 2 rings (SSSR count). The van der Waals surface area contributed by atoms with E-state index in [-0.39, 0.29) is 27.7 Å². The Morgan fingerprint density at radius 1 is 1.40 bits per heavy atom. The first-order valence-corrected chi connectivity index (χ1v) is 7.61. The van der Waals surface area contributed by atoms with Crippen LogP contribution in [0, 0.1) is 0 Å². The van der Waals surface area contributed by atoms with Gasteiger partial charge in [0, 0.05) is 12.4 Å². The van der Waals surface area contributed by atoms with E-state index in [0.29, 0.717) is 0 Å². The summed E-state index contributed by atoms with van der Waals surface area (Å²) in [6, 6.07) is 1.70. The van der Waals surface area contributed by atoms with Crippen molar-refractivity contribution in [3.63, 3.8) is 0 Å². The van der Waals surface area contributed by atoms with E-state index < -0.39 is 22.2 Å². The highest BCUT2D eigenvalue weighted by Crippen LogP contribution is 2.37. The van der Waals surface area contributed by atoms with Crippen molar-refractivity contribution < 1.29 is 21.6 Å². The molecule has 1 atom stereocenters. The van der Waals surface area contributed by atoms with E-state index in [9.17, 15) is 21.6 Å². The van der Waals surface area contributed by atoms with Crippen LogP contribution in [0.3, 0.4) is 0 Å². The minimum absolute atomic E-state index is 0.0215. The molecule has 1 aliphatic heterocycles. The molecule has 1 aromatic rings. The lowest BCUT2D eigenvalue weighted by Gasteiger charge is -2.27. The Labute approximate surface area is 114 Å². The van der Waals surface area contributed by atoms with E-state index in [1.54, 1.807) is 0 Å². The molecule has 0 amide bonds. The number of sulfone groups is 1. The van der Waals surface area contributed by atoms with Gasteiger partial charge in [0.25, 0.3) is 0 Å². The first kappa shape index (κ1) is 14.8. The minimum atomic E-state index is -4.48. The normalized spacial score (nSPS) is 19.6. The zero-order valence-corrected chi connectivity index (χ0v) is 11.4. The number of pyridine rings is 1. The number of hydrogen-bond donors (Lipinski definition) is 0. The van der Waals surface area contributed by atoms with E-state index in [1.165, 1.54) is 25.1 Å². The fourth-order valence-electron chi connectivity index (χ4n) is 1.98. The van der Waals surface area contributed by atoms with E-state index in [0.717, 1.165) is 12.4 Å². The Bertz CT molecular complexity index is 609. The van der Waals surface area contributed by atoms with E-state index in [1.807, 2.05) is 0 Å². The van der Waals surface area contributed by atoms with Gasteiger partial charge in [0.15, 0.2) is 9.84 Å². The Kier molecular flexibility index (Phi) is 3.77. The zero-order valence-electron chi connectivity index (χ0n) is 10.6. The quantitative estimate of drug-likeness (QED) is 0.806. The first-order valence-electron chi connectivity index (χ1n) is 5.96. The summed E-state index contributed by atoms with van der Waals surface area (Å²) in [5, 5.41) is 0. The highest BCUT2D eigenvalue weighted by Gasteiger charge is 2.42. The lowest BCUT2D eigenvalue weighted by Crippen LogP contribution is -2.34. The molecular weight excluding hydrogens is 293 g/mol. The fraction of sp³-hybridized carbons (Fsp3) is 0.417. The molecule has 0 radical (unpaired) electrons. The van der Waals surface area contributed by atoms with Gasteiger partial charge in [-0.2, -0.15) is 13.2 Å². The number of alkyl halides is 3. The van der Waals surface area contributed by atoms with Crippen LogP contribution in [-0.2, 0) is 9.84 Å². The molecule has 1 aliphatic rings. The second-order valence-corrected chi connectivity index (χ2v) is 6.61. The monoisotopic (exact) mass is 306 g/mol. The smallest absolute Gasteiger partial charge is 0.282 e. The highest BCUT2D eigenvalue weighted by molar-refractivity contribution is 7.91. The maximum Gasteiger partial charge on any atom is 0.485 e. The summed E-state index contributed by atoms with van der Waals surface area (Å²) in [7, 11) is -3.39. The first-order chi connectivity index (χ1) is 9.25. The van der Waals surface area contributed by atoms with Crippen LogP contribution >= 0.6 is 0 Å². The number of aromatic nitrogens is 1. The number of halogens is 3. The number of hydrogen-bond acceptors (Lipinski definition) is 4. The molecule has 8 heteroatoms. The molecule has 0 bridgehead atoms. The Balaban J connectivity index is 2.27. The predicted molar refractivity (Wildman–Crippen MR) is 66.4 cm³/mol. The standard InChI is InChI=1S/C12H13F3N2O2S/c1-2-20(18,19)9-5-6-10(16-8-9)11-4-3-7-17(11)12(13,14)15/h3,5-8,11H,2,4H2,1H3. The van der Waals surface area contributed by atoms with Gasteiger partial charge in [-0.25, -0.2) is 8.42 Å². The Morgan fingerprint density at radius 2 is 2.10 bits per heavy atom. The van der Waals surface area contributed by atoms with Crippen LogP contribution in [0.2, 0.25) is 0 Å². The fourth-order valence-corrected chi connectivity index (χ4v) is 2.81. The van der Waals surface area contributed by atoms with Crippen molar-refractivity contribution in [3.05, 3.63) is 36.3 Å². The molecule has 4 nitrogen and oxygen atoms in total. The van der Waals surface area contributed by atoms with Gasteiger partial charge >= 0.3 is 6.30 Å². The molecule has 0 fully saturated rings. The van der Waals surface area contributed by atoms with Crippen LogP contribution in [0.25, 0.3) is 0 Å². The van der Waals surface area contributed by atoms with Crippen molar-refractivity contribution in [1.29, 1.82) is 0 Å². The largest absolute Gasteiger partial charge is 0.485 e. The molecule has 0 aromatic carbocycles. The summed E-state index contributed by atoms with van der Waals surface area (Å²) in [5.74, 6) is -0.0757. The van der Waals surface area contributed by atoms with Crippen LogP contribution < -0.4 is 0 Å². The number of rotatable bonds is 3. The third-order valence-corrected chi connectivity index (χ3v) is 4.81. The van der Waals surface area contributed by atoms with E-state index in [4.69, 9.17) is 0 Å². The summed E-state index contributed by atoms with van der Waals surface area (Å²) in [6.45, 7) is 1.50. The van der Waals surface area contributed by atoms with Crippen molar-refractivity contribution >= 4 is 9.84 Å². The maximum absolute atomic E-state index is 12.8. The number of nitrogens with zero attached hydrogens (tertiary/aromatic N) is 2. The summed E-state index contributed by atoms with van der Waals surface area (Å²) in [4.78, 5) is 4.17. The SMILES string of the molecule is CCS(=O)(=O)c1ccc(C2CC=CN2C(F)(F)F)nc1. The Hall–Kier alpha value is -1.57. The molecule has 0 saturated carbocycles. The predicted octanol–water partition coefficient (Wildman–Crippen LogP) is 2.66. The van der Waals surface area contributed by atoms with Gasteiger partial charge < -0.3 is 0 Å². The molecule has 1 unspecified atom stereocenters. The zero-order chi connectivity index (χ0) is 15.0. The van der Waals surface area contributed by atoms with Gasteiger partial charge in [-0.05, 0) is 18.6 Å². The van der Waals surface area contributed by atoms with Crippen molar-refractivity contribution in [1.82, 2.24) is 9.88 Å². The van der Waals surface area contributed by atoms with Crippen LogP contribution in [0.5, 0.6) is 0 Å². The van der Waals surface area contributed by atoms with Crippen molar-refractivity contribution in [2.24, 2.45) is 0 Å². The third-order valence-electron chi connectivity index (χ3n) is 3.09. The molecule has 0 spiro atoms. The summed E-state index contributed by atoms with van der Waals surface area (Å²) in [5.41, 5.74) is 0.197. The Morgan fingerprint density at radius 3 is 2.60 bits per heavy atom. The average molecular weight is 306 g/mol. The van der Waals surface area contributed by atoms with Crippen LogP contribution in [-0.4, -0.2) is 30.4 Å². The van der Waals surface area contributed by atoms with E-state index >= 15 is 0 Å². The second-order valence-electron chi connectivity index (χ2n) is 4.33. The van der Waals surface area contributed by atoms with Gasteiger partial charge in [0.1, 0.15) is 0 Å². The van der Waals surface area contributed by atoms with Gasteiger partial charge in [-0.3, -0.25) is 9.88 Å². The highest BCUT2D eigenvalue weighted by atomic mass is 32.2. The van der Waals surface area contributed by atoms with Gasteiger partial charge in [0.2, 0.25) is 0 Å². The molecule has 0 N–H and O–H groups in total. The molecule has 0 saturated heterocycles. The van der Waals surface area contributed by atoms with Crippen molar-refractivity contribution in [2.45, 2.75) is 30.6 Å². The molecule has 1 aromatic heterocycles. The van der Waals surface area contributed by atoms with Crippen LogP contribution in [0.4, 0.5) is 13.2 Å². The van der Waals surface area contributed by atoms with Crippen LogP contribution in [0.1, 0.15) is 25.1 Å². The summed E-state index contributed by atoms with van der Waals surface area (Å²) in [6.07, 6.45) is -0.791. The van der Waals surface area contributed by atoms with Crippen LogP contribution in [0.15, 0.2) is 35.5 Å². The molecule has 110 valence electrons. The molecule has 20 heavy (non-hydrogen) atoms. The topological polar surface area (TPSA) is 50.3 Å². The molecule has 2 heterocycles. The van der Waals surface area contributed by atoms with E-state index in [2.05, 4.69) is 4.98 Å². The second kappa shape index (κ2) is 5.08. The van der Waals surface area contributed by atoms with Gasteiger partial charge in [-0.1, -0.05) is 13.0 Å². The average Bonchev–Trinajstić information content (AvgIpc) is 2.88. The van der Waals surface area contributed by atoms with Gasteiger partial charge in [-0.15, -0.1) is 0 Å². The molecule has 0 aliphatic carbocycles. The molecular formula is C12H13F3N2O2S. The third kappa shape index (κ3) is 2.79. The summed E-state index contributed by atoms with van der Waals surface area (Å²) >= 11 is 0. The van der Waals surface area contributed by atoms with Gasteiger partial charge in [0.05, 0.1) is 22.4 Å². The lowest BCUT2D eigenvalue weighted by atomic mass is 10.1.